The highest BCUT2D eigenvalue weighted by atomic mass is 32.2. The van der Waals surface area contributed by atoms with Crippen LogP contribution in [-0.2, 0) is 0 Å². The van der Waals surface area contributed by atoms with E-state index in [1.807, 2.05) is 61.2 Å². The van der Waals surface area contributed by atoms with E-state index < -0.39 is 0 Å². The summed E-state index contributed by atoms with van der Waals surface area (Å²) in [6.45, 7) is 6.37. The van der Waals surface area contributed by atoms with Crippen molar-refractivity contribution in [1.82, 2.24) is 0 Å². The Bertz CT molecular complexity index is 703. The highest BCUT2D eigenvalue weighted by molar-refractivity contribution is 8.22. The molecule has 126 valence electrons. The van der Waals surface area contributed by atoms with E-state index in [0.29, 0.717) is 10.3 Å². The highest BCUT2D eigenvalue weighted by Crippen LogP contribution is 2.32. The van der Waals surface area contributed by atoms with Crippen molar-refractivity contribution in [3.05, 3.63) is 65.7 Å². The SMILES string of the molecule is C/C=C(/SC(=N)c1ccc(SC(C)C)cc1)c1ccc(OC)cc1. The number of methoxy groups -OCH3 is 1. The molecule has 0 aromatic heterocycles. The molecule has 2 aromatic rings. The van der Waals surface area contributed by atoms with Crippen LogP contribution in [0, 0.1) is 5.41 Å². The van der Waals surface area contributed by atoms with Gasteiger partial charge in [0.05, 0.1) is 12.2 Å². The Morgan fingerprint density at radius 1 is 1.00 bits per heavy atom. The molecule has 4 heteroatoms. The minimum absolute atomic E-state index is 0.556. The minimum atomic E-state index is 0.556. The normalized spacial score (nSPS) is 11.6. The van der Waals surface area contributed by atoms with E-state index in [2.05, 4.69) is 26.0 Å². The molecular weight excluding hydrogens is 334 g/mol. The Morgan fingerprint density at radius 3 is 2.08 bits per heavy atom. The van der Waals surface area contributed by atoms with E-state index in [1.54, 1.807) is 7.11 Å². The largest absolute Gasteiger partial charge is 0.497 e. The van der Waals surface area contributed by atoms with Crippen LogP contribution in [0.5, 0.6) is 5.75 Å². The first kappa shape index (κ1) is 18.7. The predicted molar refractivity (Wildman–Crippen MR) is 108 cm³/mol. The van der Waals surface area contributed by atoms with E-state index in [-0.39, 0.29) is 0 Å². The van der Waals surface area contributed by atoms with Crippen LogP contribution in [-0.4, -0.2) is 17.4 Å². The van der Waals surface area contributed by atoms with Gasteiger partial charge in [-0.05, 0) is 36.8 Å². The summed E-state index contributed by atoms with van der Waals surface area (Å²) in [6.07, 6.45) is 2.05. The summed E-state index contributed by atoms with van der Waals surface area (Å²) in [6, 6.07) is 16.2. The van der Waals surface area contributed by atoms with Crippen molar-refractivity contribution >= 4 is 33.5 Å². The van der Waals surface area contributed by atoms with Gasteiger partial charge in [0.25, 0.3) is 0 Å². The second kappa shape index (κ2) is 9.00. The summed E-state index contributed by atoms with van der Waals surface area (Å²) < 4.78 is 5.20. The van der Waals surface area contributed by atoms with Gasteiger partial charge in [0.15, 0.2) is 0 Å². The van der Waals surface area contributed by atoms with Gasteiger partial charge in [-0.25, -0.2) is 0 Å². The van der Waals surface area contributed by atoms with Crippen LogP contribution in [0.25, 0.3) is 4.91 Å². The van der Waals surface area contributed by atoms with E-state index in [9.17, 15) is 0 Å². The maximum atomic E-state index is 8.39. The van der Waals surface area contributed by atoms with E-state index in [0.717, 1.165) is 21.8 Å². The molecule has 0 aliphatic rings. The van der Waals surface area contributed by atoms with Crippen LogP contribution in [0.15, 0.2) is 59.5 Å². The lowest BCUT2D eigenvalue weighted by atomic mass is 10.2. The van der Waals surface area contributed by atoms with Crippen molar-refractivity contribution in [1.29, 1.82) is 5.41 Å². The minimum Gasteiger partial charge on any atom is -0.497 e. The monoisotopic (exact) mass is 357 g/mol. The molecule has 0 saturated heterocycles. The molecule has 0 amide bonds. The Balaban J connectivity index is 2.08. The van der Waals surface area contributed by atoms with Crippen molar-refractivity contribution in [3.63, 3.8) is 0 Å². The lowest BCUT2D eigenvalue weighted by molar-refractivity contribution is 0.415. The number of benzene rings is 2. The Morgan fingerprint density at radius 2 is 1.58 bits per heavy atom. The van der Waals surface area contributed by atoms with Gasteiger partial charge in [-0.15, -0.1) is 11.8 Å². The number of allylic oxidation sites excluding steroid dienone is 1. The second-order valence-corrected chi connectivity index (χ2v) is 8.21. The third-order valence-electron chi connectivity index (χ3n) is 3.34. The third kappa shape index (κ3) is 5.18. The van der Waals surface area contributed by atoms with Gasteiger partial charge in [0.2, 0.25) is 0 Å². The molecule has 0 radical (unpaired) electrons. The van der Waals surface area contributed by atoms with Crippen molar-refractivity contribution in [2.24, 2.45) is 0 Å². The van der Waals surface area contributed by atoms with Gasteiger partial charge >= 0.3 is 0 Å². The number of hydrogen-bond donors (Lipinski definition) is 1. The molecule has 1 N–H and O–H groups in total. The van der Waals surface area contributed by atoms with Gasteiger partial charge in [-0.2, -0.15) is 0 Å². The summed E-state index contributed by atoms with van der Waals surface area (Å²) in [5.41, 5.74) is 2.04. The number of hydrogen-bond acceptors (Lipinski definition) is 4. The molecule has 2 nitrogen and oxygen atoms in total. The van der Waals surface area contributed by atoms with Crippen LogP contribution in [0.1, 0.15) is 31.9 Å². The molecule has 0 atom stereocenters. The Kier molecular flexibility index (Phi) is 7.00. The molecule has 0 spiro atoms. The molecule has 0 heterocycles. The van der Waals surface area contributed by atoms with Crippen molar-refractivity contribution < 1.29 is 4.74 Å². The highest BCUT2D eigenvalue weighted by Gasteiger charge is 2.09. The first-order valence-electron chi connectivity index (χ1n) is 7.87. The van der Waals surface area contributed by atoms with Crippen molar-refractivity contribution in [2.75, 3.05) is 7.11 Å². The number of rotatable bonds is 6. The summed E-state index contributed by atoms with van der Waals surface area (Å²) in [4.78, 5) is 2.32. The maximum absolute atomic E-state index is 8.39. The molecule has 2 aromatic carbocycles. The molecule has 2 rings (SSSR count). The molecular formula is C20H23NOS2. The van der Waals surface area contributed by atoms with Gasteiger partial charge in [0, 0.05) is 20.6 Å². The number of thioether (sulfide) groups is 2. The maximum Gasteiger partial charge on any atom is 0.118 e. The van der Waals surface area contributed by atoms with Crippen molar-refractivity contribution in [2.45, 2.75) is 30.9 Å². The predicted octanol–water partition coefficient (Wildman–Crippen LogP) is 6.32. The van der Waals surface area contributed by atoms with Gasteiger partial charge in [-0.3, -0.25) is 5.41 Å². The Hall–Kier alpha value is -1.65. The van der Waals surface area contributed by atoms with Crippen molar-refractivity contribution in [3.8, 4) is 5.75 Å². The third-order valence-corrected chi connectivity index (χ3v) is 5.48. The molecule has 0 aliphatic heterocycles. The lowest BCUT2D eigenvalue weighted by Crippen LogP contribution is -1.95. The van der Waals surface area contributed by atoms with E-state index in [4.69, 9.17) is 10.1 Å². The smallest absolute Gasteiger partial charge is 0.118 e. The molecule has 0 fully saturated rings. The zero-order chi connectivity index (χ0) is 17.5. The van der Waals surface area contributed by atoms with Gasteiger partial charge in [0.1, 0.15) is 5.75 Å². The summed E-state index contributed by atoms with van der Waals surface area (Å²) in [5.74, 6) is 0.840. The van der Waals surface area contributed by atoms with E-state index >= 15 is 0 Å². The fraction of sp³-hybridized carbons (Fsp3) is 0.250. The molecule has 0 saturated carbocycles. The molecule has 24 heavy (non-hydrogen) atoms. The summed E-state index contributed by atoms with van der Waals surface area (Å²) in [5, 5.41) is 9.51. The first-order chi connectivity index (χ1) is 11.5. The standard InChI is InChI=1S/C20H23NOS2/c1-5-19(15-6-10-17(22-4)11-7-15)24-20(21)16-8-12-18(13-9-16)23-14(2)3/h5-14,21H,1-4H3/b19-5+,21-20?. The molecule has 0 aliphatic carbocycles. The zero-order valence-corrected chi connectivity index (χ0v) is 16.1. The summed E-state index contributed by atoms with van der Waals surface area (Å²) >= 11 is 3.32. The Labute approximate surface area is 153 Å². The van der Waals surface area contributed by atoms with Crippen LogP contribution in [0.3, 0.4) is 0 Å². The lowest BCUT2D eigenvalue weighted by Gasteiger charge is -2.10. The molecule has 0 bridgehead atoms. The van der Waals surface area contributed by atoms with Crippen LogP contribution in [0.4, 0.5) is 0 Å². The van der Waals surface area contributed by atoms with Crippen LogP contribution >= 0.6 is 23.5 Å². The van der Waals surface area contributed by atoms with E-state index in [1.165, 1.54) is 16.7 Å². The topological polar surface area (TPSA) is 33.1 Å². The fourth-order valence-corrected chi connectivity index (χ4v) is 3.85. The zero-order valence-electron chi connectivity index (χ0n) is 14.5. The number of nitrogens with one attached hydrogen (secondary N) is 1. The summed E-state index contributed by atoms with van der Waals surface area (Å²) in [7, 11) is 1.66. The molecule has 0 unspecified atom stereocenters. The van der Waals surface area contributed by atoms with Crippen LogP contribution in [0.2, 0.25) is 0 Å². The van der Waals surface area contributed by atoms with Gasteiger partial charge in [-0.1, -0.05) is 56.0 Å². The first-order valence-corrected chi connectivity index (χ1v) is 9.57. The average Bonchev–Trinajstić information content (AvgIpc) is 2.59. The van der Waals surface area contributed by atoms with Gasteiger partial charge < -0.3 is 4.74 Å². The fourth-order valence-electron chi connectivity index (χ4n) is 2.17. The van der Waals surface area contributed by atoms with Crippen LogP contribution < -0.4 is 4.74 Å². The quantitative estimate of drug-likeness (QED) is 0.373. The average molecular weight is 358 g/mol. The number of ether oxygens (including phenoxy) is 1. The second-order valence-electron chi connectivity index (χ2n) is 5.50.